The molecule has 120 valence electrons. The van der Waals surface area contributed by atoms with E-state index in [1.54, 1.807) is 0 Å². The van der Waals surface area contributed by atoms with Gasteiger partial charge < -0.3 is 10.6 Å². The average Bonchev–Trinajstić information content (AvgIpc) is 3.35. The monoisotopic (exact) mass is 301 g/mol. The lowest BCUT2D eigenvalue weighted by atomic mass is 10.0. The van der Waals surface area contributed by atoms with Crippen molar-refractivity contribution >= 4 is 5.91 Å². The third-order valence-corrected chi connectivity index (χ3v) is 4.62. The van der Waals surface area contributed by atoms with Crippen LogP contribution in [0.4, 0.5) is 0 Å². The number of hydrogen-bond donors (Lipinski definition) is 2. The van der Waals surface area contributed by atoms with Gasteiger partial charge in [-0.25, -0.2) is 0 Å². The van der Waals surface area contributed by atoms with E-state index in [-0.39, 0.29) is 5.91 Å². The molecule has 4 nitrogen and oxygen atoms in total. The zero-order chi connectivity index (χ0) is 15.2. The van der Waals surface area contributed by atoms with Crippen molar-refractivity contribution in [2.45, 2.75) is 38.3 Å². The first-order chi connectivity index (χ1) is 10.8. The van der Waals surface area contributed by atoms with Crippen molar-refractivity contribution in [3.05, 3.63) is 35.9 Å². The number of carbonyl (C=O) groups is 1. The molecule has 1 aliphatic carbocycles. The van der Waals surface area contributed by atoms with E-state index >= 15 is 0 Å². The number of hydrogen-bond acceptors (Lipinski definition) is 3. The predicted octanol–water partition coefficient (Wildman–Crippen LogP) is 1.77. The number of benzene rings is 1. The van der Waals surface area contributed by atoms with Gasteiger partial charge in [0.2, 0.25) is 5.91 Å². The maximum absolute atomic E-state index is 11.9. The summed E-state index contributed by atoms with van der Waals surface area (Å²) in [5, 5.41) is 6.42. The van der Waals surface area contributed by atoms with Crippen LogP contribution in [0.2, 0.25) is 0 Å². The Kier molecular flexibility index (Phi) is 5.46. The first kappa shape index (κ1) is 15.5. The van der Waals surface area contributed by atoms with E-state index in [1.165, 1.54) is 18.4 Å². The van der Waals surface area contributed by atoms with Crippen LogP contribution in [0.5, 0.6) is 0 Å². The Morgan fingerprint density at radius 3 is 2.50 bits per heavy atom. The number of rotatable bonds is 7. The van der Waals surface area contributed by atoms with E-state index in [1.807, 2.05) is 0 Å². The Morgan fingerprint density at radius 1 is 1.09 bits per heavy atom. The van der Waals surface area contributed by atoms with Gasteiger partial charge in [0.15, 0.2) is 0 Å². The lowest BCUT2D eigenvalue weighted by Crippen LogP contribution is -2.46. The number of piperidine rings is 1. The second-order valence-corrected chi connectivity index (χ2v) is 6.68. The van der Waals surface area contributed by atoms with Crippen molar-refractivity contribution in [2.24, 2.45) is 5.92 Å². The summed E-state index contributed by atoms with van der Waals surface area (Å²) < 4.78 is 0. The predicted molar refractivity (Wildman–Crippen MR) is 88.5 cm³/mol. The smallest absolute Gasteiger partial charge is 0.234 e. The molecular weight excluding hydrogens is 274 g/mol. The Morgan fingerprint density at radius 2 is 1.82 bits per heavy atom. The number of carbonyl (C=O) groups excluding carboxylic acids is 1. The summed E-state index contributed by atoms with van der Waals surface area (Å²) in [7, 11) is 0. The SMILES string of the molecule is O=C(CNCC1CC1)NC1CCN(Cc2ccccc2)CC1. The van der Waals surface area contributed by atoms with E-state index in [0.717, 1.165) is 44.9 Å². The zero-order valence-corrected chi connectivity index (χ0v) is 13.3. The lowest BCUT2D eigenvalue weighted by Gasteiger charge is -2.32. The van der Waals surface area contributed by atoms with Crippen molar-refractivity contribution in [3.63, 3.8) is 0 Å². The standard InChI is InChI=1S/C18H27N3O/c22-18(13-19-12-15-6-7-15)20-17-8-10-21(11-9-17)14-16-4-2-1-3-5-16/h1-5,15,17,19H,6-14H2,(H,20,22). The van der Waals surface area contributed by atoms with Gasteiger partial charge in [0, 0.05) is 25.7 Å². The van der Waals surface area contributed by atoms with Crippen LogP contribution in [0.25, 0.3) is 0 Å². The Balaban J connectivity index is 1.31. The number of likely N-dealkylation sites (tertiary alicyclic amines) is 1. The van der Waals surface area contributed by atoms with E-state index in [2.05, 4.69) is 45.9 Å². The third kappa shape index (κ3) is 5.11. The molecule has 4 heteroatoms. The molecule has 3 rings (SSSR count). The van der Waals surface area contributed by atoms with Gasteiger partial charge in [-0.2, -0.15) is 0 Å². The largest absolute Gasteiger partial charge is 0.352 e. The Bertz CT molecular complexity index is 464. The van der Waals surface area contributed by atoms with Gasteiger partial charge in [-0.3, -0.25) is 9.69 Å². The molecule has 1 aromatic carbocycles. The minimum atomic E-state index is 0.155. The summed E-state index contributed by atoms with van der Waals surface area (Å²) in [5.41, 5.74) is 1.37. The van der Waals surface area contributed by atoms with Crippen LogP contribution in [-0.4, -0.2) is 43.0 Å². The van der Waals surface area contributed by atoms with Crippen LogP contribution < -0.4 is 10.6 Å². The summed E-state index contributed by atoms with van der Waals surface area (Å²) in [6.07, 6.45) is 4.77. The molecule has 1 heterocycles. The Hall–Kier alpha value is -1.39. The highest BCUT2D eigenvalue weighted by Crippen LogP contribution is 2.27. The van der Waals surface area contributed by atoms with E-state index < -0.39 is 0 Å². The molecule has 1 saturated heterocycles. The van der Waals surface area contributed by atoms with Crippen molar-refractivity contribution < 1.29 is 4.79 Å². The fraction of sp³-hybridized carbons (Fsp3) is 0.611. The summed E-state index contributed by atoms with van der Waals surface area (Å²) in [6, 6.07) is 11.0. The fourth-order valence-corrected chi connectivity index (χ4v) is 3.07. The van der Waals surface area contributed by atoms with Crippen LogP contribution >= 0.6 is 0 Å². The van der Waals surface area contributed by atoms with Crippen LogP contribution in [0.1, 0.15) is 31.2 Å². The molecule has 2 N–H and O–H groups in total. The number of nitrogens with zero attached hydrogens (tertiary/aromatic N) is 1. The van der Waals surface area contributed by atoms with Crippen molar-refractivity contribution in [1.29, 1.82) is 0 Å². The Labute approximate surface area is 133 Å². The van der Waals surface area contributed by atoms with Crippen molar-refractivity contribution in [3.8, 4) is 0 Å². The second-order valence-electron chi connectivity index (χ2n) is 6.68. The van der Waals surface area contributed by atoms with Crippen LogP contribution in [0.15, 0.2) is 30.3 Å². The molecule has 0 radical (unpaired) electrons. The minimum Gasteiger partial charge on any atom is -0.352 e. The second kappa shape index (κ2) is 7.75. The van der Waals surface area contributed by atoms with E-state index in [0.29, 0.717) is 12.6 Å². The molecule has 0 atom stereocenters. The van der Waals surface area contributed by atoms with Crippen LogP contribution in [0.3, 0.4) is 0 Å². The summed E-state index contributed by atoms with van der Waals surface area (Å²) in [5.74, 6) is 0.983. The summed E-state index contributed by atoms with van der Waals surface area (Å²) in [6.45, 7) is 4.62. The van der Waals surface area contributed by atoms with Gasteiger partial charge in [0.05, 0.1) is 6.54 Å². The molecule has 0 unspecified atom stereocenters. The molecule has 1 aromatic rings. The van der Waals surface area contributed by atoms with Crippen LogP contribution in [0, 0.1) is 5.92 Å². The average molecular weight is 301 g/mol. The van der Waals surface area contributed by atoms with Gasteiger partial charge in [0.1, 0.15) is 0 Å². The quantitative estimate of drug-likeness (QED) is 0.807. The first-order valence-electron chi connectivity index (χ1n) is 8.56. The number of nitrogens with one attached hydrogen (secondary N) is 2. The normalized spacial score (nSPS) is 20.0. The molecule has 22 heavy (non-hydrogen) atoms. The summed E-state index contributed by atoms with van der Waals surface area (Å²) >= 11 is 0. The fourth-order valence-electron chi connectivity index (χ4n) is 3.07. The highest BCUT2D eigenvalue weighted by molar-refractivity contribution is 5.78. The summed E-state index contributed by atoms with van der Waals surface area (Å²) in [4.78, 5) is 14.4. The molecule has 1 aliphatic heterocycles. The zero-order valence-electron chi connectivity index (χ0n) is 13.3. The molecule has 1 amide bonds. The number of amides is 1. The minimum absolute atomic E-state index is 0.155. The topological polar surface area (TPSA) is 44.4 Å². The molecule has 1 saturated carbocycles. The van der Waals surface area contributed by atoms with Gasteiger partial charge in [-0.1, -0.05) is 30.3 Å². The highest BCUT2D eigenvalue weighted by atomic mass is 16.1. The first-order valence-corrected chi connectivity index (χ1v) is 8.56. The third-order valence-electron chi connectivity index (χ3n) is 4.62. The van der Waals surface area contributed by atoms with Gasteiger partial charge in [-0.15, -0.1) is 0 Å². The highest BCUT2D eigenvalue weighted by Gasteiger charge is 2.22. The molecule has 0 aromatic heterocycles. The van der Waals surface area contributed by atoms with E-state index in [9.17, 15) is 4.79 Å². The maximum atomic E-state index is 11.9. The lowest BCUT2D eigenvalue weighted by molar-refractivity contribution is -0.121. The van der Waals surface area contributed by atoms with Crippen molar-refractivity contribution in [1.82, 2.24) is 15.5 Å². The molecule has 0 spiro atoms. The molecule has 2 aliphatic rings. The van der Waals surface area contributed by atoms with Gasteiger partial charge in [-0.05, 0) is 43.7 Å². The molecular formula is C18H27N3O. The molecule has 0 bridgehead atoms. The van der Waals surface area contributed by atoms with Gasteiger partial charge in [0.25, 0.3) is 0 Å². The van der Waals surface area contributed by atoms with Crippen LogP contribution in [-0.2, 0) is 11.3 Å². The molecule has 2 fully saturated rings. The van der Waals surface area contributed by atoms with Crippen molar-refractivity contribution in [2.75, 3.05) is 26.2 Å². The van der Waals surface area contributed by atoms with Gasteiger partial charge >= 0.3 is 0 Å². The maximum Gasteiger partial charge on any atom is 0.234 e. The van der Waals surface area contributed by atoms with E-state index in [4.69, 9.17) is 0 Å².